The number of benzene rings is 2. The fraction of sp³-hybridized carbons (Fsp3) is 0.130. The number of esters is 1. The number of hydrogen-bond donors (Lipinski definition) is 0. The second kappa shape index (κ2) is 7.56. The van der Waals surface area contributed by atoms with E-state index in [4.69, 9.17) is 9.15 Å². The molecule has 0 aliphatic rings. The number of methoxy groups -OCH3 is 1. The first-order valence-electron chi connectivity index (χ1n) is 9.00. The summed E-state index contributed by atoms with van der Waals surface area (Å²) in [5.74, 6) is 0.411. The van der Waals surface area contributed by atoms with Crippen molar-refractivity contribution in [2.75, 3.05) is 7.11 Å². The molecule has 0 unspecified atom stereocenters. The molecule has 5 heteroatoms. The lowest BCUT2D eigenvalue weighted by molar-refractivity contribution is 0.0563. The molecule has 0 aliphatic carbocycles. The van der Waals surface area contributed by atoms with Gasteiger partial charge in [0.2, 0.25) is 5.76 Å². The Morgan fingerprint density at radius 3 is 2.71 bits per heavy atom. The number of aromatic nitrogens is 1. The maximum Gasteiger partial charge on any atom is 0.373 e. The number of aliphatic imine (C=N–C) groups is 1. The van der Waals surface area contributed by atoms with Crippen LogP contribution in [0, 0.1) is 6.92 Å². The molecule has 0 saturated heterocycles. The third-order valence-electron chi connectivity index (χ3n) is 4.65. The van der Waals surface area contributed by atoms with E-state index in [1.165, 1.54) is 7.11 Å². The molecular formula is C23H20N2O3. The summed E-state index contributed by atoms with van der Waals surface area (Å²) in [5, 5.41) is 1.11. The molecule has 0 fully saturated rings. The van der Waals surface area contributed by atoms with Gasteiger partial charge >= 0.3 is 5.97 Å². The highest BCUT2D eigenvalue weighted by atomic mass is 16.5. The summed E-state index contributed by atoms with van der Waals surface area (Å²) in [6, 6.07) is 19.6. The summed E-state index contributed by atoms with van der Waals surface area (Å²) in [5.41, 5.74) is 4.19. The van der Waals surface area contributed by atoms with Crippen molar-refractivity contribution in [3.8, 4) is 0 Å². The summed E-state index contributed by atoms with van der Waals surface area (Å²) < 4.78 is 12.4. The van der Waals surface area contributed by atoms with Crippen LogP contribution in [0.4, 0.5) is 5.69 Å². The van der Waals surface area contributed by atoms with Crippen molar-refractivity contribution in [3.63, 3.8) is 0 Å². The lowest BCUT2D eigenvalue weighted by Gasteiger charge is -2.02. The van der Waals surface area contributed by atoms with E-state index in [-0.39, 0.29) is 5.76 Å². The number of para-hydroxylation sites is 2. The minimum absolute atomic E-state index is 0.204. The predicted molar refractivity (Wildman–Crippen MR) is 110 cm³/mol. The normalized spacial score (nSPS) is 11.4. The van der Waals surface area contributed by atoms with Gasteiger partial charge in [-0.2, -0.15) is 0 Å². The summed E-state index contributed by atoms with van der Waals surface area (Å²) in [7, 11) is 1.34. The Morgan fingerprint density at radius 1 is 1.11 bits per heavy atom. The van der Waals surface area contributed by atoms with Gasteiger partial charge < -0.3 is 13.7 Å². The van der Waals surface area contributed by atoms with Crippen LogP contribution in [0.25, 0.3) is 10.9 Å². The largest absolute Gasteiger partial charge is 0.463 e. The standard InChI is InChI=1S/C23H20N2O3/c1-16-7-3-5-9-20(16)24-13-17-14-25(21-10-6-4-8-19(17)21)15-18-11-12-22(28-18)23(26)27-2/h3-14H,15H2,1-2H3. The van der Waals surface area contributed by atoms with Crippen molar-refractivity contribution in [2.24, 2.45) is 4.99 Å². The second-order valence-electron chi connectivity index (χ2n) is 6.53. The molecule has 2 heterocycles. The van der Waals surface area contributed by atoms with Crippen molar-refractivity contribution >= 4 is 28.8 Å². The first-order chi connectivity index (χ1) is 13.7. The number of ether oxygens (including phenoxy) is 1. The molecule has 140 valence electrons. The lowest BCUT2D eigenvalue weighted by Crippen LogP contribution is -1.99. The molecule has 0 spiro atoms. The van der Waals surface area contributed by atoms with Gasteiger partial charge in [0.1, 0.15) is 5.76 Å². The van der Waals surface area contributed by atoms with Crippen molar-refractivity contribution in [2.45, 2.75) is 13.5 Å². The van der Waals surface area contributed by atoms with Gasteiger partial charge in [0.05, 0.1) is 19.3 Å². The Kier molecular flexibility index (Phi) is 4.81. The second-order valence-corrected chi connectivity index (χ2v) is 6.53. The molecule has 0 amide bonds. The van der Waals surface area contributed by atoms with Crippen LogP contribution < -0.4 is 0 Å². The van der Waals surface area contributed by atoms with E-state index in [2.05, 4.69) is 21.7 Å². The van der Waals surface area contributed by atoms with E-state index in [1.807, 2.05) is 55.7 Å². The molecule has 4 aromatic rings. The zero-order chi connectivity index (χ0) is 19.5. The topological polar surface area (TPSA) is 56.7 Å². The third kappa shape index (κ3) is 3.47. The molecule has 28 heavy (non-hydrogen) atoms. The smallest absolute Gasteiger partial charge is 0.373 e. The van der Waals surface area contributed by atoms with E-state index >= 15 is 0 Å². The molecule has 0 aliphatic heterocycles. The summed E-state index contributed by atoms with van der Waals surface area (Å²) in [6.45, 7) is 2.56. The minimum atomic E-state index is -0.477. The predicted octanol–water partition coefficient (Wildman–Crippen LogP) is 5.13. The zero-order valence-electron chi connectivity index (χ0n) is 15.8. The van der Waals surface area contributed by atoms with Crippen LogP contribution in [0.2, 0.25) is 0 Å². The monoisotopic (exact) mass is 372 g/mol. The molecule has 0 atom stereocenters. The maximum atomic E-state index is 11.6. The molecular weight excluding hydrogens is 352 g/mol. The van der Waals surface area contributed by atoms with E-state index < -0.39 is 5.97 Å². The number of aryl methyl sites for hydroxylation is 1. The van der Waals surface area contributed by atoms with Crippen LogP contribution >= 0.6 is 0 Å². The van der Waals surface area contributed by atoms with Gasteiger partial charge in [-0.05, 0) is 36.8 Å². The van der Waals surface area contributed by atoms with Gasteiger partial charge in [0, 0.05) is 28.9 Å². The number of fused-ring (bicyclic) bond motifs is 1. The van der Waals surface area contributed by atoms with Crippen LogP contribution in [0.15, 0.2) is 76.3 Å². The summed E-state index contributed by atoms with van der Waals surface area (Å²) >= 11 is 0. The zero-order valence-corrected chi connectivity index (χ0v) is 15.8. The first kappa shape index (κ1) is 17.8. The van der Waals surface area contributed by atoms with Crippen molar-refractivity contribution in [1.82, 2.24) is 4.57 Å². The highest BCUT2D eigenvalue weighted by Crippen LogP contribution is 2.23. The quantitative estimate of drug-likeness (QED) is 0.360. The van der Waals surface area contributed by atoms with Crippen molar-refractivity contribution in [3.05, 3.63) is 89.5 Å². The molecule has 5 nitrogen and oxygen atoms in total. The fourth-order valence-corrected chi connectivity index (χ4v) is 3.20. The molecule has 0 N–H and O–H groups in total. The average Bonchev–Trinajstić information content (AvgIpc) is 3.32. The fourth-order valence-electron chi connectivity index (χ4n) is 3.20. The molecule has 0 bridgehead atoms. The first-order valence-corrected chi connectivity index (χ1v) is 9.00. The van der Waals surface area contributed by atoms with Gasteiger partial charge in [-0.1, -0.05) is 36.4 Å². The Morgan fingerprint density at radius 2 is 1.89 bits per heavy atom. The van der Waals surface area contributed by atoms with Crippen LogP contribution in [-0.4, -0.2) is 23.9 Å². The Hall–Kier alpha value is -3.60. The van der Waals surface area contributed by atoms with Gasteiger partial charge in [0.25, 0.3) is 0 Å². The molecule has 4 rings (SSSR count). The van der Waals surface area contributed by atoms with E-state index in [0.717, 1.165) is 27.7 Å². The molecule has 2 aromatic heterocycles. The lowest BCUT2D eigenvalue weighted by atomic mass is 10.2. The SMILES string of the molecule is COC(=O)c1ccc(Cn2cc(C=Nc3ccccc3C)c3ccccc32)o1. The van der Waals surface area contributed by atoms with Gasteiger partial charge in [-0.15, -0.1) is 0 Å². The summed E-state index contributed by atoms with van der Waals surface area (Å²) in [6.07, 6.45) is 3.94. The number of hydrogen-bond acceptors (Lipinski definition) is 4. The van der Waals surface area contributed by atoms with Gasteiger partial charge in [-0.3, -0.25) is 4.99 Å². The maximum absolute atomic E-state index is 11.6. The highest BCUT2D eigenvalue weighted by molar-refractivity contribution is 6.00. The Labute approximate surface area is 162 Å². The van der Waals surface area contributed by atoms with Crippen molar-refractivity contribution < 1.29 is 13.9 Å². The highest BCUT2D eigenvalue weighted by Gasteiger charge is 2.13. The number of furan rings is 1. The van der Waals surface area contributed by atoms with Crippen LogP contribution in [0.3, 0.4) is 0 Å². The Bertz CT molecular complexity index is 1170. The minimum Gasteiger partial charge on any atom is -0.463 e. The van der Waals surface area contributed by atoms with Gasteiger partial charge in [0.15, 0.2) is 0 Å². The van der Waals surface area contributed by atoms with Gasteiger partial charge in [-0.25, -0.2) is 4.79 Å². The van der Waals surface area contributed by atoms with E-state index in [9.17, 15) is 4.79 Å². The van der Waals surface area contributed by atoms with Crippen LogP contribution in [-0.2, 0) is 11.3 Å². The number of carbonyl (C=O) groups is 1. The van der Waals surface area contributed by atoms with E-state index in [0.29, 0.717) is 12.3 Å². The van der Waals surface area contributed by atoms with Crippen molar-refractivity contribution in [1.29, 1.82) is 0 Å². The molecule has 2 aromatic carbocycles. The van der Waals surface area contributed by atoms with E-state index in [1.54, 1.807) is 12.1 Å². The van der Waals surface area contributed by atoms with Crippen LogP contribution in [0.1, 0.15) is 27.4 Å². The molecule has 0 saturated carbocycles. The number of rotatable bonds is 5. The third-order valence-corrected chi connectivity index (χ3v) is 4.65. The number of nitrogens with zero attached hydrogens (tertiary/aromatic N) is 2. The average molecular weight is 372 g/mol. The Balaban J connectivity index is 1.68. The number of carbonyl (C=O) groups excluding carboxylic acids is 1. The summed E-state index contributed by atoms with van der Waals surface area (Å²) in [4.78, 5) is 16.3. The molecule has 0 radical (unpaired) electrons. The van der Waals surface area contributed by atoms with Crippen LogP contribution in [0.5, 0.6) is 0 Å².